The van der Waals surface area contributed by atoms with Gasteiger partial charge in [0.25, 0.3) is 17.7 Å². The van der Waals surface area contributed by atoms with Crippen molar-refractivity contribution in [2.75, 3.05) is 62.2 Å². The Morgan fingerprint density at radius 1 is 0.806 bits per heavy atom. The number of piperidine rings is 4. The molecular formula is C45H47F3N8O6. The van der Waals surface area contributed by atoms with Gasteiger partial charge in [0.05, 0.1) is 28.6 Å². The minimum absolute atomic E-state index is 0.0440. The standard InChI is InChI=1S/C45H47F3N8O6/c46-45(47,48)36-24-31(26-50-37(36)25-49)54-20-13-44(14-21-54)15-22-55(27-44)41(59)28-1-4-32(5-2-28)62-33-11-18-52(19-12-33)29-9-16-53(17-10-29)30-3-6-34-35(23-30)43(61)56(42(34)60)38-7-8-39(57)51-40(38)58/h1-6,23-24,26,29,33,38H,7-22,27H2,(H,51,57,58). The Hall–Kier alpha value is -6.02. The maximum absolute atomic E-state index is 13.6. The van der Waals surface area contributed by atoms with Crippen molar-refractivity contribution in [1.82, 2.24) is 25.0 Å². The second-order valence-corrected chi connectivity index (χ2v) is 17.4. The van der Waals surface area contributed by atoms with E-state index < -0.39 is 47.1 Å². The van der Waals surface area contributed by atoms with Crippen molar-refractivity contribution < 1.29 is 41.9 Å². The normalized spacial score (nSPS) is 22.6. The van der Waals surface area contributed by atoms with E-state index in [-0.39, 0.29) is 41.4 Å². The number of nitriles is 1. The summed E-state index contributed by atoms with van der Waals surface area (Å²) < 4.78 is 47.0. The topological polar surface area (TPSA) is 159 Å². The first-order valence-electron chi connectivity index (χ1n) is 21.4. The molecule has 0 saturated carbocycles. The van der Waals surface area contributed by atoms with Crippen LogP contribution in [0.25, 0.3) is 0 Å². The Labute approximate surface area is 356 Å². The highest BCUT2D eigenvalue weighted by Gasteiger charge is 2.46. The minimum Gasteiger partial charge on any atom is -0.490 e. The van der Waals surface area contributed by atoms with Crippen molar-refractivity contribution in [2.45, 2.75) is 82.2 Å². The molecule has 5 amide bonds. The molecule has 3 aromatic rings. The number of aromatic nitrogens is 1. The van der Waals surface area contributed by atoms with Gasteiger partial charge < -0.3 is 19.4 Å². The van der Waals surface area contributed by atoms with E-state index in [4.69, 9.17) is 10.00 Å². The van der Waals surface area contributed by atoms with Crippen LogP contribution >= 0.6 is 0 Å². The number of fused-ring (bicyclic) bond motifs is 1. The number of hydrogen-bond donors (Lipinski definition) is 1. The van der Waals surface area contributed by atoms with Crippen molar-refractivity contribution in [3.05, 3.63) is 82.7 Å². The number of imide groups is 2. The number of pyridine rings is 1. The molecule has 1 spiro atoms. The Bertz CT molecular complexity index is 2330. The molecule has 17 heteroatoms. The molecule has 1 unspecified atom stereocenters. The lowest BCUT2D eigenvalue weighted by molar-refractivity contribution is -0.138. The van der Waals surface area contributed by atoms with Gasteiger partial charge in [-0.05, 0) is 105 Å². The molecule has 62 heavy (non-hydrogen) atoms. The predicted octanol–water partition coefficient (Wildman–Crippen LogP) is 5.02. The van der Waals surface area contributed by atoms with Crippen LogP contribution in [0.4, 0.5) is 24.5 Å². The summed E-state index contributed by atoms with van der Waals surface area (Å²) in [4.78, 5) is 77.4. The summed E-state index contributed by atoms with van der Waals surface area (Å²) in [7, 11) is 0. The molecule has 14 nitrogen and oxygen atoms in total. The number of ether oxygens (including phenoxy) is 1. The van der Waals surface area contributed by atoms with Crippen molar-refractivity contribution in [3.8, 4) is 11.8 Å². The van der Waals surface area contributed by atoms with Gasteiger partial charge in [0.15, 0.2) is 5.69 Å². The maximum Gasteiger partial charge on any atom is 0.419 e. The van der Waals surface area contributed by atoms with E-state index >= 15 is 0 Å². The molecule has 2 aromatic carbocycles. The van der Waals surface area contributed by atoms with Gasteiger partial charge in [0, 0.05) is 76.1 Å². The molecule has 5 saturated heterocycles. The van der Waals surface area contributed by atoms with Crippen LogP contribution in [0, 0.1) is 16.7 Å². The molecule has 1 atom stereocenters. The molecule has 0 bridgehead atoms. The average molecular weight is 853 g/mol. The molecule has 5 fully saturated rings. The zero-order chi connectivity index (χ0) is 43.3. The second kappa shape index (κ2) is 16.4. The lowest BCUT2D eigenvalue weighted by atomic mass is 9.77. The van der Waals surface area contributed by atoms with Gasteiger partial charge in [-0.3, -0.25) is 39.1 Å². The number of nitrogens with zero attached hydrogens (tertiary/aromatic N) is 7. The first-order valence-corrected chi connectivity index (χ1v) is 21.4. The van der Waals surface area contributed by atoms with Crippen molar-refractivity contribution in [3.63, 3.8) is 0 Å². The average Bonchev–Trinajstić information content (AvgIpc) is 3.80. The van der Waals surface area contributed by atoms with Crippen molar-refractivity contribution in [2.24, 2.45) is 5.41 Å². The Morgan fingerprint density at radius 2 is 1.48 bits per heavy atom. The molecule has 0 aliphatic carbocycles. The van der Waals surface area contributed by atoms with E-state index in [9.17, 15) is 37.1 Å². The van der Waals surface area contributed by atoms with Crippen LogP contribution in [-0.4, -0.2) is 120 Å². The molecule has 7 heterocycles. The monoisotopic (exact) mass is 852 g/mol. The summed E-state index contributed by atoms with van der Waals surface area (Å²) in [6.45, 7) is 5.71. The maximum atomic E-state index is 13.6. The molecular weight excluding hydrogens is 806 g/mol. The first kappa shape index (κ1) is 41.3. The largest absolute Gasteiger partial charge is 0.490 e. The number of alkyl halides is 3. The van der Waals surface area contributed by atoms with Crippen LogP contribution < -0.4 is 19.9 Å². The zero-order valence-corrected chi connectivity index (χ0v) is 34.2. The smallest absolute Gasteiger partial charge is 0.419 e. The van der Waals surface area contributed by atoms with Crippen molar-refractivity contribution >= 4 is 40.9 Å². The number of nitrogens with one attached hydrogen (secondary N) is 1. The van der Waals surface area contributed by atoms with Gasteiger partial charge >= 0.3 is 6.18 Å². The molecule has 324 valence electrons. The summed E-state index contributed by atoms with van der Waals surface area (Å²) in [5, 5.41) is 11.3. The highest BCUT2D eigenvalue weighted by atomic mass is 19.4. The number of rotatable bonds is 7. The van der Waals surface area contributed by atoms with E-state index in [0.29, 0.717) is 43.5 Å². The first-order chi connectivity index (χ1) is 29.8. The number of amides is 5. The molecule has 9 rings (SSSR count). The van der Waals surface area contributed by atoms with Crippen LogP contribution in [0.3, 0.4) is 0 Å². The van der Waals surface area contributed by atoms with Crippen LogP contribution in [0.2, 0.25) is 0 Å². The number of likely N-dealkylation sites (tertiary alicyclic amines) is 2. The lowest BCUT2D eigenvalue weighted by Crippen LogP contribution is -2.54. The lowest BCUT2D eigenvalue weighted by Gasteiger charge is -2.42. The number of carbonyl (C=O) groups excluding carboxylic acids is 5. The third-order valence-electron chi connectivity index (χ3n) is 13.8. The number of hydrogen-bond acceptors (Lipinski definition) is 11. The Morgan fingerprint density at radius 3 is 2.16 bits per heavy atom. The zero-order valence-electron chi connectivity index (χ0n) is 34.2. The third-order valence-corrected chi connectivity index (χ3v) is 13.8. The Kier molecular flexibility index (Phi) is 10.9. The van der Waals surface area contributed by atoms with Crippen LogP contribution in [-0.2, 0) is 15.8 Å². The fourth-order valence-electron chi connectivity index (χ4n) is 10.2. The van der Waals surface area contributed by atoms with Gasteiger partial charge in [-0.15, -0.1) is 0 Å². The van der Waals surface area contributed by atoms with E-state index in [0.717, 1.165) is 93.5 Å². The van der Waals surface area contributed by atoms with Gasteiger partial charge in [-0.2, -0.15) is 18.4 Å². The summed E-state index contributed by atoms with van der Waals surface area (Å²) in [5.41, 5.74) is 0.617. The van der Waals surface area contributed by atoms with E-state index in [1.807, 2.05) is 40.1 Å². The molecule has 6 aliphatic rings. The number of benzene rings is 2. The predicted molar refractivity (Wildman–Crippen MR) is 218 cm³/mol. The number of carbonyl (C=O) groups is 5. The van der Waals surface area contributed by atoms with E-state index in [1.165, 1.54) is 12.3 Å². The molecule has 0 radical (unpaired) electrons. The third kappa shape index (κ3) is 7.96. The van der Waals surface area contributed by atoms with Crippen LogP contribution in [0.5, 0.6) is 5.75 Å². The minimum atomic E-state index is -4.67. The second-order valence-electron chi connectivity index (χ2n) is 17.4. The van der Waals surface area contributed by atoms with Gasteiger partial charge in [0.1, 0.15) is 24.0 Å². The molecule has 1 aromatic heterocycles. The van der Waals surface area contributed by atoms with E-state index in [2.05, 4.69) is 20.1 Å². The highest BCUT2D eigenvalue weighted by molar-refractivity contribution is 6.23. The quantitative estimate of drug-likeness (QED) is 0.318. The summed E-state index contributed by atoms with van der Waals surface area (Å²) >= 11 is 0. The summed E-state index contributed by atoms with van der Waals surface area (Å²) in [6, 6.07) is 14.6. The van der Waals surface area contributed by atoms with E-state index in [1.54, 1.807) is 12.1 Å². The summed E-state index contributed by atoms with van der Waals surface area (Å²) in [5.74, 6) is -1.36. The number of anilines is 2. The van der Waals surface area contributed by atoms with Crippen molar-refractivity contribution in [1.29, 1.82) is 5.26 Å². The fourth-order valence-corrected chi connectivity index (χ4v) is 10.2. The molecule has 6 aliphatic heterocycles. The van der Waals surface area contributed by atoms with Crippen LogP contribution in [0.1, 0.15) is 100 Å². The SMILES string of the molecule is N#Cc1ncc(N2CCC3(CCN(C(=O)c4ccc(OC5CCN(C6CCN(c7ccc8c(c7)C(=O)N(C7CCC(=O)NC7=O)C8=O)CC6)CC5)cc4)C3)CC2)cc1C(F)(F)F. The highest BCUT2D eigenvalue weighted by Crippen LogP contribution is 2.43. The summed E-state index contributed by atoms with van der Waals surface area (Å²) in [6.07, 6.45) is 2.89. The van der Waals surface area contributed by atoms with Gasteiger partial charge in [-0.1, -0.05) is 0 Å². The molecule has 1 N–H and O–H groups in total. The van der Waals surface area contributed by atoms with Gasteiger partial charge in [0.2, 0.25) is 11.8 Å². The van der Waals surface area contributed by atoms with Gasteiger partial charge in [-0.25, -0.2) is 4.98 Å². The number of halogens is 3. The Balaban J connectivity index is 0.716. The van der Waals surface area contributed by atoms with Crippen LogP contribution in [0.15, 0.2) is 54.7 Å². The fraction of sp³-hybridized carbons (Fsp3) is 0.489.